The summed E-state index contributed by atoms with van der Waals surface area (Å²) in [6.07, 6.45) is 2.82. The molecule has 1 aromatic carbocycles. The Morgan fingerprint density at radius 2 is 2.18 bits per heavy atom. The van der Waals surface area contributed by atoms with Gasteiger partial charge in [0.15, 0.2) is 5.84 Å². The number of nitrogens with two attached hydrogens (primary N) is 1. The minimum atomic E-state index is -3.88. The van der Waals surface area contributed by atoms with E-state index in [1.165, 1.54) is 12.4 Å². The van der Waals surface area contributed by atoms with Crippen molar-refractivity contribution in [2.45, 2.75) is 26.3 Å². The zero-order valence-corrected chi connectivity index (χ0v) is 16.6. The Hall–Kier alpha value is -3.21. The number of ether oxygens (including phenoxy) is 1. The lowest BCUT2D eigenvalue weighted by Gasteiger charge is -2.27. The monoisotopic (exact) mass is 406 g/mol. The van der Waals surface area contributed by atoms with Gasteiger partial charge in [-0.3, -0.25) is 19.5 Å². The summed E-state index contributed by atoms with van der Waals surface area (Å²) >= 11 is 0. The van der Waals surface area contributed by atoms with E-state index in [-0.39, 0.29) is 23.8 Å². The first-order chi connectivity index (χ1) is 13.1. The number of nitrogens with one attached hydrogen (secondary N) is 2. The fourth-order valence-electron chi connectivity index (χ4n) is 2.32. The minimum absolute atomic E-state index is 0.0639. The molecule has 10 nitrogen and oxygen atoms in total. The van der Waals surface area contributed by atoms with E-state index in [0.29, 0.717) is 11.3 Å². The van der Waals surface area contributed by atoms with Crippen molar-refractivity contribution in [3.8, 4) is 5.75 Å². The Balaban J connectivity index is 2.16. The fourth-order valence-corrected chi connectivity index (χ4v) is 3.16. The Bertz CT molecular complexity index is 979. The van der Waals surface area contributed by atoms with Crippen LogP contribution in [0.2, 0.25) is 0 Å². The van der Waals surface area contributed by atoms with Crippen LogP contribution in [0, 0.1) is 0 Å². The van der Waals surface area contributed by atoms with Gasteiger partial charge in [-0.1, -0.05) is 6.07 Å². The van der Waals surface area contributed by atoms with E-state index in [4.69, 9.17) is 10.5 Å². The third kappa shape index (κ3) is 5.16. The Morgan fingerprint density at radius 3 is 2.82 bits per heavy atom. The largest absolute Gasteiger partial charge is 0.490 e. The summed E-state index contributed by atoms with van der Waals surface area (Å²) in [4.78, 5) is 19.8. The average Bonchev–Trinajstić information content (AvgIpc) is 2.58. The topological polar surface area (TPSA) is 148 Å². The molecule has 0 saturated carbocycles. The summed E-state index contributed by atoms with van der Waals surface area (Å²) in [5.74, 6) is -0.306. The van der Waals surface area contributed by atoms with Crippen LogP contribution in [0.5, 0.6) is 5.75 Å². The highest BCUT2D eigenvalue weighted by Crippen LogP contribution is 2.30. The van der Waals surface area contributed by atoms with E-state index < -0.39 is 21.7 Å². The summed E-state index contributed by atoms with van der Waals surface area (Å²) in [5, 5.41) is 2.78. The predicted molar refractivity (Wildman–Crippen MR) is 109 cm³/mol. The van der Waals surface area contributed by atoms with Crippen molar-refractivity contribution >= 4 is 40.6 Å². The minimum Gasteiger partial charge on any atom is -0.490 e. The second-order valence-electron chi connectivity index (χ2n) is 6.44. The van der Waals surface area contributed by atoms with Crippen molar-refractivity contribution < 1.29 is 17.9 Å². The molecule has 1 heterocycles. The zero-order chi connectivity index (χ0) is 20.9. The number of aliphatic imine (C=N–C) groups is 2. The molecule has 2 rings (SSSR count). The van der Waals surface area contributed by atoms with Gasteiger partial charge < -0.3 is 15.8 Å². The highest BCUT2D eigenvalue weighted by Gasteiger charge is 2.27. The number of fused-ring (bicyclic) bond motifs is 1. The lowest BCUT2D eigenvalue weighted by atomic mass is 10.1. The average molecular weight is 406 g/mol. The number of rotatable bonds is 7. The molecule has 0 aliphatic carbocycles. The highest BCUT2D eigenvalue weighted by atomic mass is 32.2. The molecular formula is C17H22N6O4S. The molecular weight excluding hydrogens is 384 g/mol. The number of amidine groups is 1. The molecule has 1 aliphatic heterocycles. The van der Waals surface area contributed by atoms with Crippen LogP contribution in [0.15, 0.2) is 44.5 Å². The van der Waals surface area contributed by atoms with Crippen LogP contribution in [0.1, 0.15) is 26.3 Å². The summed E-state index contributed by atoms with van der Waals surface area (Å²) in [5.41, 5.74) is 5.67. The molecule has 0 bridgehead atoms. The van der Waals surface area contributed by atoms with E-state index in [9.17, 15) is 13.2 Å². The molecule has 0 atom stereocenters. The van der Waals surface area contributed by atoms with Crippen LogP contribution < -0.4 is 20.5 Å². The van der Waals surface area contributed by atoms with Gasteiger partial charge in [-0.2, -0.15) is 8.42 Å². The van der Waals surface area contributed by atoms with Gasteiger partial charge in [0.05, 0.1) is 23.0 Å². The molecule has 0 spiro atoms. The molecule has 0 saturated heterocycles. The maximum atomic E-state index is 12.3. The summed E-state index contributed by atoms with van der Waals surface area (Å²) in [6.45, 7) is 8.64. The summed E-state index contributed by atoms with van der Waals surface area (Å²) in [6, 6.07) is 4.80. The third-order valence-electron chi connectivity index (χ3n) is 3.53. The second-order valence-corrected chi connectivity index (χ2v) is 7.78. The van der Waals surface area contributed by atoms with Crippen molar-refractivity contribution in [2.75, 3.05) is 11.3 Å². The van der Waals surface area contributed by atoms with Crippen molar-refractivity contribution in [1.29, 1.82) is 0 Å². The van der Waals surface area contributed by atoms with Gasteiger partial charge in [-0.05, 0) is 39.6 Å². The van der Waals surface area contributed by atoms with E-state index in [0.717, 1.165) is 0 Å². The molecule has 28 heavy (non-hydrogen) atoms. The van der Waals surface area contributed by atoms with Crippen molar-refractivity contribution in [2.24, 2.45) is 20.1 Å². The van der Waals surface area contributed by atoms with E-state index in [1.807, 2.05) is 0 Å². The van der Waals surface area contributed by atoms with Gasteiger partial charge in [0.2, 0.25) is 0 Å². The molecule has 0 radical (unpaired) electrons. The number of hydrogen-bond donors (Lipinski definition) is 3. The van der Waals surface area contributed by atoms with Crippen LogP contribution in [0.4, 0.5) is 5.69 Å². The first-order valence-corrected chi connectivity index (χ1v) is 9.64. The lowest BCUT2D eigenvalue weighted by Crippen LogP contribution is -2.48. The van der Waals surface area contributed by atoms with Gasteiger partial charge in [0.25, 0.3) is 5.91 Å². The number of amides is 1. The molecule has 4 N–H and O–H groups in total. The van der Waals surface area contributed by atoms with Crippen LogP contribution in [0.3, 0.4) is 0 Å². The maximum Gasteiger partial charge on any atom is 0.344 e. The van der Waals surface area contributed by atoms with E-state index in [2.05, 4.69) is 31.1 Å². The normalized spacial score (nSPS) is 16.0. The van der Waals surface area contributed by atoms with Gasteiger partial charge >= 0.3 is 10.2 Å². The van der Waals surface area contributed by atoms with Crippen LogP contribution in [-0.4, -0.2) is 45.2 Å². The molecule has 1 amide bonds. The number of carbonyl (C=O) groups is 1. The van der Waals surface area contributed by atoms with Crippen molar-refractivity contribution in [3.05, 3.63) is 35.7 Å². The summed E-state index contributed by atoms with van der Waals surface area (Å²) in [7, 11) is -3.88. The first-order valence-electron chi connectivity index (χ1n) is 8.20. The van der Waals surface area contributed by atoms with Gasteiger partial charge in [0.1, 0.15) is 18.1 Å². The fraction of sp³-hybridized carbons (Fsp3) is 0.294. The molecule has 0 unspecified atom stereocenters. The molecule has 150 valence electrons. The van der Waals surface area contributed by atoms with Gasteiger partial charge in [-0.25, -0.2) is 0 Å². The van der Waals surface area contributed by atoms with Crippen LogP contribution >= 0.6 is 0 Å². The molecule has 1 aliphatic rings. The van der Waals surface area contributed by atoms with Crippen LogP contribution in [0.25, 0.3) is 0 Å². The number of carbonyl (C=O) groups excluding carboxylic acids is 1. The maximum absolute atomic E-state index is 12.3. The molecule has 0 fully saturated rings. The van der Waals surface area contributed by atoms with Crippen LogP contribution in [-0.2, 0) is 15.0 Å². The quantitative estimate of drug-likeness (QED) is 0.456. The predicted octanol–water partition coefficient (Wildman–Crippen LogP) is 0.969. The number of anilines is 1. The smallest absolute Gasteiger partial charge is 0.344 e. The standard InChI is InChI=1S/C17H22N6O4S/c1-5-20-9-12(19-4)16(24)21-17(2,3)10-27-13-8-6-7-11-14(13)15(18)23-28(25,26)22-11/h5-9,22H,4,10H2,1-3H3,(H2,18,23)(H,21,24)/b12-9-,20-5?. The van der Waals surface area contributed by atoms with E-state index in [1.54, 1.807) is 39.0 Å². The third-order valence-corrected chi connectivity index (χ3v) is 4.44. The number of nitrogens with zero attached hydrogens (tertiary/aromatic N) is 3. The molecule has 1 aromatic rings. The Labute approximate surface area is 163 Å². The van der Waals surface area contributed by atoms with Gasteiger partial charge in [0, 0.05) is 6.21 Å². The van der Waals surface area contributed by atoms with E-state index >= 15 is 0 Å². The Morgan fingerprint density at radius 1 is 1.46 bits per heavy atom. The number of benzene rings is 1. The van der Waals surface area contributed by atoms with Crippen molar-refractivity contribution in [1.82, 2.24) is 5.32 Å². The molecule has 0 aromatic heterocycles. The highest BCUT2D eigenvalue weighted by molar-refractivity contribution is 7.91. The Kier molecular flexibility index (Phi) is 6.19. The first kappa shape index (κ1) is 21.1. The lowest BCUT2D eigenvalue weighted by molar-refractivity contribution is -0.119. The second kappa shape index (κ2) is 8.21. The molecule has 11 heteroatoms. The summed E-state index contributed by atoms with van der Waals surface area (Å²) < 4.78 is 34.8. The number of hydrogen-bond acceptors (Lipinski definition) is 7. The van der Waals surface area contributed by atoms with Gasteiger partial charge in [-0.15, -0.1) is 4.40 Å². The zero-order valence-electron chi connectivity index (χ0n) is 15.8. The van der Waals surface area contributed by atoms with Crippen molar-refractivity contribution in [3.63, 3.8) is 0 Å². The SMILES string of the molecule is C=N/C(=C\N=CC)C(=O)NC(C)(C)COc1cccc2c1C(N)=NS(=O)(=O)N2.